The summed E-state index contributed by atoms with van der Waals surface area (Å²) in [6.07, 6.45) is -3.17. The summed E-state index contributed by atoms with van der Waals surface area (Å²) in [5.41, 5.74) is -0.241. The maximum atomic E-state index is 13.6. The van der Waals surface area contributed by atoms with Crippen LogP contribution in [0.3, 0.4) is 0 Å². The molecule has 3 aromatic rings. The zero-order valence-electron chi connectivity index (χ0n) is 18.3. The third-order valence-corrected chi connectivity index (χ3v) is 6.62. The lowest BCUT2D eigenvalue weighted by molar-refractivity contribution is -0.137. The van der Waals surface area contributed by atoms with Gasteiger partial charge in [-0.05, 0) is 55.0 Å². The fourth-order valence-electron chi connectivity index (χ4n) is 3.13. The number of sulfonamides is 1. The average molecular weight is 494 g/mol. The van der Waals surface area contributed by atoms with Gasteiger partial charge in [0.15, 0.2) is 0 Å². The molecular weight excluding hydrogens is 471 g/mol. The van der Waals surface area contributed by atoms with Crippen LogP contribution >= 0.6 is 0 Å². The molecule has 3 rings (SSSR count). The number of nitrogens with zero attached hydrogens (tertiary/aromatic N) is 2. The van der Waals surface area contributed by atoms with Crippen molar-refractivity contribution in [1.82, 2.24) is 10.3 Å². The van der Waals surface area contributed by atoms with Crippen molar-refractivity contribution >= 4 is 21.6 Å². The van der Waals surface area contributed by atoms with Crippen LogP contribution in [0.25, 0.3) is 0 Å². The third-order valence-electron chi connectivity index (χ3n) is 4.83. The van der Waals surface area contributed by atoms with Gasteiger partial charge in [0, 0.05) is 6.20 Å². The van der Waals surface area contributed by atoms with Crippen LogP contribution in [0.1, 0.15) is 16.8 Å². The van der Waals surface area contributed by atoms with Gasteiger partial charge in [0.25, 0.3) is 10.0 Å². The number of nitrogens with one attached hydrogen (secondary N) is 1. The van der Waals surface area contributed by atoms with Gasteiger partial charge in [-0.15, -0.1) is 0 Å². The van der Waals surface area contributed by atoms with Crippen molar-refractivity contribution in [2.24, 2.45) is 0 Å². The van der Waals surface area contributed by atoms with Gasteiger partial charge < -0.3 is 10.1 Å². The number of aromatic nitrogens is 1. The zero-order valence-corrected chi connectivity index (χ0v) is 19.2. The fraction of sp³-hybridized carbons (Fsp3) is 0.217. The number of carbonyl (C=O) groups is 1. The van der Waals surface area contributed by atoms with E-state index in [0.717, 1.165) is 12.1 Å². The van der Waals surface area contributed by atoms with Gasteiger partial charge in [-0.25, -0.2) is 8.42 Å². The van der Waals surface area contributed by atoms with Gasteiger partial charge in [0.05, 0.1) is 30.6 Å². The van der Waals surface area contributed by atoms with E-state index in [9.17, 15) is 26.4 Å². The average Bonchev–Trinajstić information content (AvgIpc) is 2.81. The van der Waals surface area contributed by atoms with Gasteiger partial charge >= 0.3 is 6.18 Å². The molecule has 7 nitrogen and oxygen atoms in total. The number of amides is 1. The van der Waals surface area contributed by atoms with E-state index >= 15 is 0 Å². The highest BCUT2D eigenvalue weighted by Crippen LogP contribution is 2.35. The lowest BCUT2D eigenvalue weighted by Gasteiger charge is -2.25. The van der Waals surface area contributed by atoms with Crippen molar-refractivity contribution in [3.05, 3.63) is 83.7 Å². The molecule has 0 aliphatic heterocycles. The Labute approximate surface area is 195 Å². The van der Waals surface area contributed by atoms with Crippen LogP contribution in [-0.2, 0) is 27.5 Å². The molecule has 1 heterocycles. The highest BCUT2D eigenvalue weighted by molar-refractivity contribution is 7.93. The van der Waals surface area contributed by atoms with Crippen molar-refractivity contribution in [3.63, 3.8) is 0 Å². The molecule has 0 saturated heterocycles. The summed E-state index contributed by atoms with van der Waals surface area (Å²) in [6, 6.07) is 13.3. The van der Waals surface area contributed by atoms with E-state index in [1.54, 1.807) is 31.2 Å². The Hall–Kier alpha value is -3.60. The first kappa shape index (κ1) is 25.0. The predicted molar refractivity (Wildman–Crippen MR) is 120 cm³/mol. The first-order valence-electron chi connectivity index (χ1n) is 10.0. The van der Waals surface area contributed by atoms with Crippen LogP contribution in [-0.4, -0.2) is 33.0 Å². The molecule has 0 fully saturated rings. The molecular formula is C23H22F3N3O4S. The second-order valence-electron chi connectivity index (χ2n) is 7.31. The molecule has 1 amide bonds. The van der Waals surface area contributed by atoms with Crippen molar-refractivity contribution in [3.8, 4) is 5.75 Å². The number of anilines is 1. The number of benzene rings is 2. The maximum absolute atomic E-state index is 13.6. The first-order valence-corrected chi connectivity index (χ1v) is 11.5. The SMILES string of the molecule is COc1ccc(C)cc1S(=O)(=O)N(CC(=O)NCc1ccccn1)c1cccc(C(F)(F)F)c1. The van der Waals surface area contributed by atoms with Crippen LogP contribution in [0.15, 0.2) is 71.8 Å². The fourth-order valence-corrected chi connectivity index (χ4v) is 4.79. The predicted octanol–water partition coefficient (Wildman–Crippen LogP) is 3.93. The summed E-state index contributed by atoms with van der Waals surface area (Å²) in [5.74, 6) is -0.727. The van der Waals surface area contributed by atoms with Gasteiger partial charge in [0.1, 0.15) is 17.2 Å². The Balaban J connectivity index is 2.02. The minimum absolute atomic E-state index is 0.00327. The Morgan fingerprint density at radius 1 is 1.09 bits per heavy atom. The van der Waals surface area contributed by atoms with E-state index < -0.39 is 34.2 Å². The number of carbonyl (C=O) groups excluding carboxylic acids is 1. The van der Waals surface area contributed by atoms with E-state index in [-0.39, 0.29) is 22.9 Å². The molecule has 34 heavy (non-hydrogen) atoms. The van der Waals surface area contributed by atoms with Crippen molar-refractivity contribution in [2.75, 3.05) is 18.0 Å². The van der Waals surface area contributed by atoms with Gasteiger partial charge in [-0.2, -0.15) is 13.2 Å². The normalized spacial score (nSPS) is 11.7. The molecule has 0 spiro atoms. The Morgan fingerprint density at radius 2 is 1.85 bits per heavy atom. The van der Waals surface area contributed by atoms with Crippen LogP contribution in [0.4, 0.5) is 18.9 Å². The minimum atomic E-state index is -4.70. The number of halogens is 3. The molecule has 0 saturated carbocycles. The number of rotatable bonds is 8. The number of pyridine rings is 1. The molecule has 11 heteroatoms. The van der Waals surface area contributed by atoms with E-state index in [1.807, 2.05) is 0 Å². The lowest BCUT2D eigenvalue weighted by atomic mass is 10.2. The molecule has 1 N–H and O–H groups in total. The third kappa shape index (κ3) is 5.84. The molecule has 2 aromatic carbocycles. The summed E-state index contributed by atoms with van der Waals surface area (Å²) in [5, 5.41) is 2.55. The Morgan fingerprint density at radius 3 is 2.50 bits per heavy atom. The minimum Gasteiger partial charge on any atom is -0.495 e. The lowest BCUT2D eigenvalue weighted by Crippen LogP contribution is -2.41. The van der Waals surface area contributed by atoms with E-state index in [1.165, 1.54) is 31.5 Å². The number of methoxy groups -OCH3 is 1. The zero-order chi connectivity index (χ0) is 24.9. The molecule has 1 aromatic heterocycles. The summed E-state index contributed by atoms with van der Waals surface area (Å²) >= 11 is 0. The largest absolute Gasteiger partial charge is 0.495 e. The standard InChI is InChI=1S/C23H22F3N3O4S/c1-16-9-10-20(33-2)21(12-16)34(31,32)29(19-8-5-6-17(13-19)23(24,25)26)15-22(30)28-14-18-7-3-4-11-27-18/h3-13H,14-15H2,1-2H3,(H,28,30). The summed E-state index contributed by atoms with van der Waals surface area (Å²) in [7, 11) is -3.22. The van der Waals surface area contributed by atoms with Crippen LogP contribution in [0.2, 0.25) is 0 Å². The molecule has 0 aliphatic rings. The van der Waals surface area contributed by atoms with E-state index in [2.05, 4.69) is 10.3 Å². The number of alkyl halides is 3. The van der Waals surface area contributed by atoms with Gasteiger partial charge in [-0.1, -0.05) is 18.2 Å². The Bertz CT molecular complexity index is 1270. The highest BCUT2D eigenvalue weighted by atomic mass is 32.2. The van der Waals surface area contributed by atoms with E-state index in [4.69, 9.17) is 4.74 Å². The van der Waals surface area contributed by atoms with Gasteiger partial charge in [0.2, 0.25) is 5.91 Å². The first-order chi connectivity index (χ1) is 16.0. The number of ether oxygens (including phenoxy) is 1. The van der Waals surface area contributed by atoms with Crippen LogP contribution in [0, 0.1) is 6.92 Å². The maximum Gasteiger partial charge on any atom is 0.416 e. The smallest absolute Gasteiger partial charge is 0.416 e. The summed E-state index contributed by atoms with van der Waals surface area (Å²) < 4.78 is 73.0. The molecule has 0 atom stereocenters. The van der Waals surface area contributed by atoms with Gasteiger partial charge in [-0.3, -0.25) is 14.1 Å². The van der Waals surface area contributed by atoms with Crippen molar-refractivity contribution < 1.29 is 31.1 Å². The van der Waals surface area contributed by atoms with Crippen LogP contribution in [0.5, 0.6) is 5.75 Å². The summed E-state index contributed by atoms with van der Waals surface area (Å²) in [4.78, 5) is 16.5. The van der Waals surface area contributed by atoms with Crippen molar-refractivity contribution in [2.45, 2.75) is 24.5 Å². The molecule has 0 bridgehead atoms. The highest BCUT2D eigenvalue weighted by Gasteiger charge is 2.34. The second-order valence-corrected chi connectivity index (χ2v) is 9.14. The molecule has 0 aliphatic carbocycles. The Kier molecular flexibility index (Phi) is 7.45. The molecule has 0 radical (unpaired) electrons. The van der Waals surface area contributed by atoms with Crippen molar-refractivity contribution in [1.29, 1.82) is 0 Å². The quantitative estimate of drug-likeness (QED) is 0.514. The molecule has 180 valence electrons. The molecule has 0 unspecified atom stereocenters. The number of aryl methyl sites for hydroxylation is 1. The van der Waals surface area contributed by atoms with E-state index in [0.29, 0.717) is 21.6 Å². The monoisotopic (exact) mass is 493 g/mol. The number of hydrogen-bond donors (Lipinski definition) is 1. The summed E-state index contributed by atoms with van der Waals surface area (Å²) in [6.45, 7) is 0.921. The van der Waals surface area contributed by atoms with Crippen LogP contribution < -0.4 is 14.4 Å². The number of hydrogen-bond acceptors (Lipinski definition) is 5. The second kappa shape index (κ2) is 10.1. The topological polar surface area (TPSA) is 88.6 Å².